The number of primary amides is 1. The highest BCUT2D eigenvalue weighted by atomic mass is 19.2. The van der Waals surface area contributed by atoms with Crippen LogP contribution in [0.3, 0.4) is 0 Å². The number of ether oxygens (including phenoxy) is 3. The number of esters is 2. The summed E-state index contributed by atoms with van der Waals surface area (Å²) >= 11 is 0. The molecule has 51 heavy (non-hydrogen) atoms. The first kappa shape index (κ1) is 41.8. The average Bonchev–Trinajstić information content (AvgIpc) is 3.07. The minimum absolute atomic E-state index is 0.0359. The van der Waals surface area contributed by atoms with Crippen molar-refractivity contribution in [3.05, 3.63) is 58.9 Å². The highest BCUT2D eigenvalue weighted by molar-refractivity contribution is 5.98. The minimum atomic E-state index is -2.42. The van der Waals surface area contributed by atoms with Crippen LogP contribution in [0.2, 0.25) is 0 Å². The SMILES string of the molecule is CC(=O)OCc1ccc(NC(=O)[C@H](CCCNC(N)=O)NC(=O)[C@@H](NC(=O)CCOCCC(=O)Oc2c(F)c(F)c(F)c(F)c2F)C(C)C)cc1. The van der Waals surface area contributed by atoms with Crippen LogP contribution < -0.4 is 31.7 Å². The number of nitrogens with two attached hydrogens (primary N) is 1. The highest BCUT2D eigenvalue weighted by Crippen LogP contribution is 2.29. The molecule has 2 aromatic rings. The summed E-state index contributed by atoms with van der Waals surface area (Å²) < 4.78 is 81.5. The fourth-order valence-corrected chi connectivity index (χ4v) is 4.19. The van der Waals surface area contributed by atoms with Crippen LogP contribution in [0.5, 0.6) is 5.75 Å². The van der Waals surface area contributed by atoms with E-state index in [1.165, 1.54) is 6.92 Å². The summed E-state index contributed by atoms with van der Waals surface area (Å²) in [6, 6.07) is 3.39. The highest BCUT2D eigenvalue weighted by Gasteiger charge is 2.30. The van der Waals surface area contributed by atoms with Crippen molar-refractivity contribution in [1.82, 2.24) is 16.0 Å². The summed E-state index contributed by atoms with van der Waals surface area (Å²) in [5.74, 6) is -17.7. The predicted molar refractivity (Wildman–Crippen MR) is 168 cm³/mol. The molecule has 0 aromatic heterocycles. The van der Waals surface area contributed by atoms with Crippen molar-refractivity contribution in [3.8, 4) is 5.75 Å². The van der Waals surface area contributed by atoms with Crippen LogP contribution in [-0.2, 0) is 40.1 Å². The Balaban J connectivity index is 1.93. The Hall–Kier alpha value is -5.33. The van der Waals surface area contributed by atoms with Gasteiger partial charge in [-0.15, -0.1) is 0 Å². The molecular formula is C32H38F5N5O9. The van der Waals surface area contributed by atoms with Gasteiger partial charge in [-0.3, -0.25) is 24.0 Å². The molecule has 0 fully saturated rings. The number of hydrogen-bond donors (Lipinski definition) is 5. The molecule has 0 unspecified atom stereocenters. The molecule has 6 N–H and O–H groups in total. The maximum absolute atomic E-state index is 13.7. The molecular weight excluding hydrogens is 693 g/mol. The molecule has 0 aliphatic carbocycles. The van der Waals surface area contributed by atoms with E-state index >= 15 is 0 Å². The topological polar surface area (TPSA) is 204 Å². The molecule has 0 heterocycles. The lowest BCUT2D eigenvalue weighted by atomic mass is 10.0. The largest absolute Gasteiger partial charge is 0.461 e. The van der Waals surface area contributed by atoms with E-state index in [4.69, 9.17) is 15.2 Å². The fraction of sp³-hybridized carbons (Fsp3) is 0.438. The Kier molecular flexibility index (Phi) is 16.7. The van der Waals surface area contributed by atoms with E-state index in [0.29, 0.717) is 11.3 Å². The zero-order valence-electron chi connectivity index (χ0n) is 27.8. The first-order chi connectivity index (χ1) is 24.0. The lowest BCUT2D eigenvalue weighted by Crippen LogP contribution is -2.54. The number of carbonyl (C=O) groups is 6. The van der Waals surface area contributed by atoms with Gasteiger partial charge in [-0.25, -0.2) is 18.0 Å². The van der Waals surface area contributed by atoms with Crippen molar-refractivity contribution in [2.45, 2.75) is 65.1 Å². The summed E-state index contributed by atoms with van der Waals surface area (Å²) in [6.45, 7) is 3.94. The van der Waals surface area contributed by atoms with E-state index < -0.39 is 102 Å². The second-order valence-corrected chi connectivity index (χ2v) is 11.2. The van der Waals surface area contributed by atoms with Crippen LogP contribution in [0.1, 0.15) is 52.0 Å². The summed E-state index contributed by atoms with van der Waals surface area (Å²) in [4.78, 5) is 73.0. The maximum atomic E-state index is 13.7. The van der Waals surface area contributed by atoms with Crippen molar-refractivity contribution in [3.63, 3.8) is 0 Å². The van der Waals surface area contributed by atoms with E-state index in [-0.39, 0.29) is 39.0 Å². The Morgan fingerprint density at radius 1 is 0.804 bits per heavy atom. The molecule has 0 bridgehead atoms. The van der Waals surface area contributed by atoms with Gasteiger partial charge >= 0.3 is 18.0 Å². The Morgan fingerprint density at radius 3 is 1.96 bits per heavy atom. The van der Waals surface area contributed by atoms with Gasteiger partial charge in [0.15, 0.2) is 0 Å². The van der Waals surface area contributed by atoms with Gasteiger partial charge in [-0.05, 0) is 36.5 Å². The molecule has 0 aliphatic heterocycles. The number of nitrogens with one attached hydrogen (secondary N) is 4. The zero-order valence-corrected chi connectivity index (χ0v) is 27.8. The van der Waals surface area contributed by atoms with Crippen LogP contribution in [0, 0.1) is 35.0 Å². The van der Waals surface area contributed by atoms with Crippen LogP contribution in [0.25, 0.3) is 0 Å². The smallest absolute Gasteiger partial charge is 0.313 e. The van der Waals surface area contributed by atoms with Gasteiger partial charge < -0.3 is 41.2 Å². The molecule has 0 aliphatic rings. The zero-order chi connectivity index (χ0) is 38.2. The van der Waals surface area contributed by atoms with Gasteiger partial charge in [0, 0.05) is 25.6 Å². The summed E-state index contributed by atoms with van der Waals surface area (Å²) in [6.07, 6.45) is -0.677. The standard InChI is InChI=1S/C32H38F5N5O9/c1-16(2)28(42-21(44)10-13-49-14-11-22(45)51-29-26(36)24(34)23(33)25(35)27(29)37)31(47)41-20(5-4-12-39-32(38)48)30(46)40-19-8-6-18(7-9-19)15-50-17(3)43/h6-9,16,20,28H,4-5,10-15H2,1-3H3,(H,40,46)(H,41,47)(H,42,44)(H3,38,39,48)/t20-,28-/m0/s1. The number of anilines is 1. The fourth-order valence-electron chi connectivity index (χ4n) is 4.19. The number of carbonyl (C=O) groups excluding carboxylic acids is 6. The Bertz CT molecular complexity index is 1550. The van der Waals surface area contributed by atoms with E-state index in [2.05, 4.69) is 26.0 Å². The van der Waals surface area contributed by atoms with Gasteiger partial charge in [-0.1, -0.05) is 26.0 Å². The van der Waals surface area contributed by atoms with Crippen LogP contribution in [-0.4, -0.2) is 67.5 Å². The molecule has 14 nitrogen and oxygen atoms in total. The number of amides is 5. The van der Waals surface area contributed by atoms with Gasteiger partial charge in [0.2, 0.25) is 52.6 Å². The Morgan fingerprint density at radius 2 is 1.39 bits per heavy atom. The van der Waals surface area contributed by atoms with E-state index in [9.17, 15) is 50.7 Å². The number of rotatable bonds is 19. The molecule has 0 saturated carbocycles. The van der Waals surface area contributed by atoms with Gasteiger partial charge in [0.05, 0.1) is 19.6 Å². The van der Waals surface area contributed by atoms with Crippen LogP contribution in [0.4, 0.5) is 32.4 Å². The quantitative estimate of drug-likeness (QED) is 0.0360. The molecule has 2 atom stereocenters. The van der Waals surface area contributed by atoms with Crippen LogP contribution in [0.15, 0.2) is 24.3 Å². The molecule has 2 aromatic carbocycles. The first-order valence-electron chi connectivity index (χ1n) is 15.5. The lowest BCUT2D eigenvalue weighted by Gasteiger charge is -2.25. The maximum Gasteiger partial charge on any atom is 0.313 e. The van der Waals surface area contributed by atoms with Crippen molar-refractivity contribution in [2.75, 3.05) is 25.1 Å². The van der Waals surface area contributed by atoms with Gasteiger partial charge in [-0.2, -0.15) is 8.78 Å². The second kappa shape index (κ2) is 20.4. The van der Waals surface area contributed by atoms with Gasteiger partial charge in [0.1, 0.15) is 18.7 Å². The molecule has 0 spiro atoms. The van der Waals surface area contributed by atoms with Crippen LogP contribution >= 0.6 is 0 Å². The normalized spacial score (nSPS) is 12.0. The predicted octanol–water partition coefficient (Wildman–Crippen LogP) is 2.86. The average molecular weight is 732 g/mol. The molecule has 5 amide bonds. The van der Waals surface area contributed by atoms with Crippen molar-refractivity contribution in [1.29, 1.82) is 0 Å². The summed E-state index contributed by atoms with van der Waals surface area (Å²) in [5, 5.41) is 10.2. The van der Waals surface area contributed by atoms with E-state index in [1.807, 2.05) is 0 Å². The van der Waals surface area contributed by atoms with E-state index in [1.54, 1.807) is 38.1 Å². The summed E-state index contributed by atoms with van der Waals surface area (Å²) in [7, 11) is 0. The monoisotopic (exact) mass is 731 g/mol. The van der Waals surface area contributed by atoms with E-state index in [0.717, 1.165) is 0 Å². The molecule has 0 radical (unpaired) electrons. The number of halogens is 5. The summed E-state index contributed by atoms with van der Waals surface area (Å²) in [5.41, 5.74) is 6.13. The molecule has 19 heteroatoms. The Labute approximate surface area is 288 Å². The molecule has 280 valence electrons. The molecule has 0 saturated heterocycles. The van der Waals surface area contributed by atoms with Crippen molar-refractivity contribution in [2.24, 2.45) is 11.7 Å². The van der Waals surface area contributed by atoms with Crippen molar-refractivity contribution < 1.29 is 64.9 Å². The second-order valence-electron chi connectivity index (χ2n) is 11.2. The third-order valence-electron chi connectivity index (χ3n) is 6.84. The van der Waals surface area contributed by atoms with Crippen molar-refractivity contribution >= 4 is 41.4 Å². The first-order valence-corrected chi connectivity index (χ1v) is 15.5. The third-order valence-corrected chi connectivity index (χ3v) is 6.84. The number of hydrogen-bond acceptors (Lipinski definition) is 9. The number of benzene rings is 2. The third kappa shape index (κ3) is 13.8. The minimum Gasteiger partial charge on any atom is -0.461 e. The van der Waals surface area contributed by atoms with Gasteiger partial charge in [0.25, 0.3) is 0 Å². The molecule has 2 rings (SSSR count). The number of urea groups is 1. The lowest BCUT2D eigenvalue weighted by molar-refractivity contribution is -0.142.